The minimum Gasteiger partial charge on any atom is -0.507 e. The quantitative estimate of drug-likeness (QED) is 0.304. The number of aromatic nitrogens is 1. The third-order valence-corrected chi connectivity index (χ3v) is 6.12. The van der Waals surface area contributed by atoms with Gasteiger partial charge >= 0.3 is 0 Å². The van der Waals surface area contributed by atoms with Gasteiger partial charge in [-0.15, -0.1) is 0 Å². The molecule has 1 aromatic heterocycles. The first-order valence-corrected chi connectivity index (χ1v) is 11.4. The van der Waals surface area contributed by atoms with Crippen LogP contribution in [0.2, 0.25) is 0 Å². The molecule has 1 atom stereocenters. The van der Waals surface area contributed by atoms with Crippen molar-refractivity contribution in [3.63, 3.8) is 0 Å². The van der Waals surface area contributed by atoms with E-state index in [1.54, 1.807) is 42.7 Å². The van der Waals surface area contributed by atoms with Gasteiger partial charge in [-0.05, 0) is 85.8 Å². The number of amides is 1. The molecule has 34 heavy (non-hydrogen) atoms. The zero-order chi connectivity index (χ0) is 24.4. The van der Waals surface area contributed by atoms with E-state index in [4.69, 9.17) is 4.74 Å². The van der Waals surface area contributed by atoms with Crippen LogP contribution >= 0.6 is 0 Å². The molecule has 0 saturated carbocycles. The number of aliphatic hydroxyl groups excluding tert-OH is 1. The third-order valence-electron chi connectivity index (χ3n) is 6.12. The highest BCUT2D eigenvalue weighted by molar-refractivity contribution is 6.51. The van der Waals surface area contributed by atoms with Gasteiger partial charge < -0.3 is 9.84 Å². The van der Waals surface area contributed by atoms with Crippen molar-refractivity contribution in [3.05, 3.63) is 94.3 Å². The first-order valence-electron chi connectivity index (χ1n) is 11.4. The Hall–Kier alpha value is -3.93. The second kappa shape index (κ2) is 9.51. The maximum absolute atomic E-state index is 13.3. The molecular weight excluding hydrogens is 428 g/mol. The van der Waals surface area contributed by atoms with Crippen LogP contribution in [0.25, 0.3) is 5.76 Å². The molecule has 2 heterocycles. The molecule has 1 fully saturated rings. The lowest BCUT2D eigenvalue weighted by Gasteiger charge is -2.25. The van der Waals surface area contributed by atoms with Crippen LogP contribution in [0.4, 0.5) is 5.69 Å². The molecule has 1 saturated heterocycles. The van der Waals surface area contributed by atoms with Crippen LogP contribution in [0.5, 0.6) is 5.75 Å². The van der Waals surface area contributed by atoms with Crippen LogP contribution in [0.3, 0.4) is 0 Å². The Morgan fingerprint density at radius 1 is 1.03 bits per heavy atom. The van der Waals surface area contributed by atoms with Crippen molar-refractivity contribution in [2.75, 3.05) is 11.5 Å². The Labute approximate surface area is 199 Å². The number of carbonyl (C=O) groups excluding carboxylic acids is 2. The highest BCUT2D eigenvalue weighted by Gasteiger charge is 2.47. The summed E-state index contributed by atoms with van der Waals surface area (Å²) in [6, 6.07) is 13.6. The fourth-order valence-electron chi connectivity index (χ4n) is 4.15. The van der Waals surface area contributed by atoms with E-state index in [-0.39, 0.29) is 11.3 Å². The molecule has 1 aliphatic rings. The van der Waals surface area contributed by atoms with Crippen molar-refractivity contribution < 1.29 is 19.4 Å². The standard InChI is InChI=1S/C28H28N2O4/c1-5-13-34-23-11-9-20(14-19(23)4)26(31)24-25(21-7-6-12-29-16-21)30(28(33)27(24)32)22-10-8-17(2)18(3)15-22/h6-12,14-16,25,31H,5,13H2,1-4H3/b26-24+. The van der Waals surface area contributed by atoms with Crippen molar-refractivity contribution in [3.8, 4) is 5.75 Å². The molecule has 0 aliphatic carbocycles. The van der Waals surface area contributed by atoms with Crippen LogP contribution in [0.15, 0.2) is 66.5 Å². The number of ether oxygens (including phenoxy) is 1. The minimum atomic E-state index is -0.799. The number of hydrogen-bond donors (Lipinski definition) is 1. The van der Waals surface area contributed by atoms with Gasteiger partial charge in [-0.3, -0.25) is 19.5 Å². The monoisotopic (exact) mass is 456 g/mol. The molecular formula is C28H28N2O4. The molecule has 0 radical (unpaired) electrons. The largest absolute Gasteiger partial charge is 0.507 e. The summed E-state index contributed by atoms with van der Waals surface area (Å²) in [5.74, 6) is -0.909. The Balaban J connectivity index is 1.87. The fraction of sp³-hybridized carbons (Fsp3) is 0.250. The average molecular weight is 457 g/mol. The van der Waals surface area contributed by atoms with E-state index in [1.165, 1.54) is 4.90 Å². The van der Waals surface area contributed by atoms with Gasteiger partial charge in [0.1, 0.15) is 11.5 Å². The first-order chi connectivity index (χ1) is 16.3. The normalized spacial score (nSPS) is 17.3. The number of rotatable bonds is 6. The molecule has 6 nitrogen and oxygen atoms in total. The Morgan fingerprint density at radius 3 is 2.47 bits per heavy atom. The lowest BCUT2D eigenvalue weighted by molar-refractivity contribution is -0.132. The highest BCUT2D eigenvalue weighted by atomic mass is 16.5. The van der Waals surface area contributed by atoms with E-state index in [9.17, 15) is 14.7 Å². The highest BCUT2D eigenvalue weighted by Crippen LogP contribution is 2.42. The molecule has 4 rings (SSSR count). The summed E-state index contributed by atoms with van der Waals surface area (Å²) in [5.41, 5.74) is 4.64. The van der Waals surface area contributed by atoms with E-state index in [0.29, 0.717) is 23.4 Å². The van der Waals surface area contributed by atoms with Crippen molar-refractivity contribution in [2.45, 2.75) is 40.2 Å². The van der Waals surface area contributed by atoms with Crippen molar-refractivity contribution in [2.24, 2.45) is 0 Å². The Bertz CT molecular complexity index is 1280. The lowest BCUT2D eigenvalue weighted by atomic mass is 9.95. The second-order valence-corrected chi connectivity index (χ2v) is 8.55. The fourth-order valence-corrected chi connectivity index (χ4v) is 4.15. The maximum Gasteiger partial charge on any atom is 0.300 e. The molecule has 1 unspecified atom stereocenters. The number of benzene rings is 2. The van der Waals surface area contributed by atoms with Crippen molar-refractivity contribution in [1.29, 1.82) is 0 Å². The molecule has 174 valence electrons. The number of Topliss-reactive ketones (excluding diaryl/α,β-unsaturated/α-hetero) is 1. The van der Waals surface area contributed by atoms with Crippen LogP contribution in [0, 0.1) is 20.8 Å². The first kappa shape index (κ1) is 23.2. The maximum atomic E-state index is 13.3. The van der Waals surface area contributed by atoms with Gasteiger partial charge in [0.05, 0.1) is 18.2 Å². The van der Waals surface area contributed by atoms with Gasteiger partial charge in [0, 0.05) is 23.6 Å². The summed E-state index contributed by atoms with van der Waals surface area (Å²) in [5, 5.41) is 11.3. The Kier molecular flexibility index (Phi) is 6.50. The van der Waals surface area contributed by atoms with Crippen LogP contribution in [-0.4, -0.2) is 28.4 Å². The molecule has 3 aromatic rings. The van der Waals surface area contributed by atoms with Gasteiger partial charge in [-0.1, -0.05) is 19.1 Å². The predicted molar refractivity (Wildman–Crippen MR) is 132 cm³/mol. The number of hydrogen-bond acceptors (Lipinski definition) is 5. The van der Waals surface area contributed by atoms with E-state index in [2.05, 4.69) is 4.98 Å². The van der Waals surface area contributed by atoms with Crippen molar-refractivity contribution in [1.82, 2.24) is 4.98 Å². The zero-order valence-corrected chi connectivity index (χ0v) is 19.8. The van der Waals surface area contributed by atoms with Crippen LogP contribution < -0.4 is 9.64 Å². The number of aliphatic hydroxyl groups is 1. The van der Waals surface area contributed by atoms with Gasteiger partial charge in [-0.2, -0.15) is 0 Å². The van der Waals surface area contributed by atoms with Gasteiger partial charge in [0.25, 0.3) is 11.7 Å². The number of anilines is 1. The minimum absolute atomic E-state index is 0.0397. The summed E-state index contributed by atoms with van der Waals surface area (Å²) >= 11 is 0. The molecule has 2 aromatic carbocycles. The lowest BCUT2D eigenvalue weighted by Crippen LogP contribution is -2.29. The molecule has 1 aliphatic heterocycles. The summed E-state index contributed by atoms with van der Waals surface area (Å²) in [6.45, 7) is 8.45. The van der Waals surface area contributed by atoms with Gasteiger partial charge in [0.15, 0.2) is 0 Å². The zero-order valence-electron chi connectivity index (χ0n) is 19.8. The molecule has 1 amide bonds. The van der Waals surface area contributed by atoms with E-state index < -0.39 is 17.7 Å². The summed E-state index contributed by atoms with van der Waals surface area (Å²) < 4.78 is 5.74. The number of nitrogens with zero attached hydrogens (tertiary/aromatic N) is 2. The number of ketones is 1. The van der Waals surface area contributed by atoms with E-state index in [0.717, 1.165) is 28.9 Å². The van der Waals surface area contributed by atoms with E-state index in [1.807, 2.05) is 45.9 Å². The average Bonchev–Trinajstić information content (AvgIpc) is 3.10. The smallest absolute Gasteiger partial charge is 0.300 e. The predicted octanol–water partition coefficient (Wildman–Crippen LogP) is 5.42. The number of carbonyl (C=O) groups is 2. The summed E-state index contributed by atoms with van der Waals surface area (Å²) in [4.78, 5) is 32.2. The summed E-state index contributed by atoms with van der Waals surface area (Å²) in [7, 11) is 0. The van der Waals surface area contributed by atoms with Crippen LogP contribution in [-0.2, 0) is 9.59 Å². The van der Waals surface area contributed by atoms with E-state index >= 15 is 0 Å². The van der Waals surface area contributed by atoms with Crippen molar-refractivity contribution >= 4 is 23.1 Å². The molecule has 0 spiro atoms. The number of aryl methyl sites for hydroxylation is 3. The molecule has 1 N–H and O–H groups in total. The van der Waals surface area contributed by atoms with Gasteiger partial charge in [0.2, 0.25) is 0 Å². The molecule has 0 bridgehead atoms. The van der Waals surface area contributed by atoms with Crippen LogP contribution in [0.1, 0.15) is 47.2 Å². The third kappa shape index (κ3) is 4.19. The second-order valence-electron chi connectivity index (χ2n) is 8.55. The number of pyridine rings is 1. The summed E-state index contributed by atoms with van der Waals surface area (Å²) in [6.07, 6.45) is 4.13. The SMILES string of the molecule is CCCOc1ccc(/C(O)=C2\C(=O)C(=O)N(c3ccc(C)c(C)c3)C2c2cccnc2)cc1C. The Morgan fingerprint density at radius 2 is 1.82 bits per heavy atom. The topological polar surface area (TPSA) is 79.7 Å². The van der Waals surface area contributed by atoms with Gasteiger partial charge in [-0.25, -0.2) is 0 Å². The molecule has 6 heteroatoms.